The number of benzene rings is 1. The Labute approximate surface area is 154 Å². The van der Waals surface area contributed by atoms with Crippen molar-refractivity contribution in [3.8, 4) is 5.88 Å². The molecule has 1 unspecified atom stereocenters. The summed E-state index contributed by atoms with van der Waals surface area (Å²) in [6.45, 7) is 6.34. The molecule has 0 saturated carbocycles. The maximum atomic E-state index is 13.4. The van der Waals surface area contributed by atoms with Crippen molar-refractivity contribution in [2.24, 2.45) is 4.99 Å². The van der Waals surface area contributed by atoms with Crippen LogP contribution in [0.4, 0.5) is 14.5 Å². The Kier molecular flexibility index (Phi) is 6.47. The summed E-state index contributed by atoms with van der Waals surface area (Å²) in [5.41, 5.74) is 2.07. The quantitative estimate of drug-likeness (QED) is 0.492. The molecule has 0 spiro atoms. The summed E-state index contributed by atoms with van der Waals surface area (Å²) < 4.78 is 33.2. The Balaban J connectivity index is 2.29. The molecule has 4 nitrogen and oxygen atoms in total. The smallest absolute Gasteiger partial charge is 0.228 e. The third-order valence-corrected chi connectivity index (χ3v) is 4.22. The number of halogens is 3. The summed E-state index contributed by atoms with van der Waals surface area (Å²) in [5.74, 6) is -0.911. The van der Waals surface area contributed by atoms with Gasteiger partial charge in [0.25, 0.3) is 0 Å². The molecule has 0 saturated heterocycles. The van der Waals surface area contributed by atoms with Gasteiger partial charge in [-0.1, -0.05) is 0 Å². The number of aromatic nitrogens is 1. The summed E-state index contributed by atoms with van der Waals surface area (Å²) >= 11 is 3.45. The lowest BCUT2D eigenvalue weighted by Gasteiger charge is -2.21. The van der Waals surface area contributed by atoms with E-state index in [1.807, 2.05) is 24.8 Å². The van der Waals surface area contributed by atoms with Crippen LogP contribution in [0.3, 0.4) is 0 Å². The van der Waals surface area contributed by atoms with Gasteiger partial charge in [0.05, 0.1) is 22.2 Å². The first kappa shape index (κ1) is 19.3. The van der Waals surface area contributed by atoms with Gasteiger partial charge in [-0.05, 0) is 60.5 Å². The average molecular weight is 412 g/mol. The molecule has 1 atom stereocenters. The summed E-state index contributed by atoms with van der Waals surface area (Å²) in [6.07, 6.45) is 1.17. The summed E-state index contributed by atoms with van der Waals surface area (Å²) in [7, 11) is 1.71. The van der Waals surface area contributed by atoms with Gasteiger partial charge < -0.3 is 9.64 Å². The zero-order valence-electron chi connectivity index (χ0n) is 14.6. The van der Waals surface area contributed by atoms with Gasteiger partial charge in [-0.15, -0.1) is 0 Å². The number of ether oxygens (including phenoxy) is 1. The van der Waals surface area contributed by atoms with E-state index in [0.29, 0.717) is 15.9 Å². The van der Waals surface area contributed by atoms with Crippen LogP contribution >= 0.6 is 15.9 Å². The van der Waals surface area contributed by atoms with Gasteiger partial charge in [-0.3, -0.25) is 4.99 Å². The minimum Gasteiger partial charge on any atom is -0.469 e. The maximum Gasteiger partial charge on any atom is 0.228 e. The first-order valence-electron chi connectivity index (χ1n) is 7.84. The number of hydrogen-bond donors (Lipinski definition) is 0. The van der Waals surface area contributed by atoms with Gasteiger partial charge in [-0.25, -0.2) is 13.8 Å². The molecule has 0 aliphatic carbocycles. The predicted molar refractivity (Wildman–Crippen MR) is 99.5 cm³/mol. The lowest BCUT2D eigenvalue weighted by atomic mass is 10.1. The number of nitrogens with zero attached hydrogens (tertiary/aromatic N) is 3. The number of aryl methyl sites for hydroxylation is 1. The van der Waals surface area contributed by atoms with E-state index >= 15 is 0 Å². The third-order valence-electron chi connectivity index (χ3n) is 3.66. The minimum absolute atomic E-state index is 0.364. The van der Waals surface area contributed by atoms with Crippen LogP contribution in [0.15, 0.2) is 33.7 Å². The highest BCUT2D eigenvalue weighted by atomic mass is 79.9. The predicted octanol–water partition coefficient (Wildman–Crippen LogP) is 5.06. The number of aliphatic imine (C=N–C) groups is 1. The molecule has 1 aromatic carbocycles. The molecule has 0 aliphatic rings. The van der Waals surface area contributed by atoms with Gasteiger partial charge in [-0.2, -0.15) is 0 Å². The Bertz CT molecular complexity index is 763. The summed E-state index contributed by atoms with van der Waals surface area (Å²) in [4.78, 5) is 10.5. The Morgan fingerprint density at radius 1 is 1.28 bits per heavy atom. The van der Waals surface area contributed by atoms with Gasteiger partial charge in [0.1, 0.15) is 17.7 Å². The van der Waals surface area contributed by atoms with Gasteiger partial charge in [0.2, 0.25) is 5.88 Å². The molecule has 134 valence electrons. The zero-order chi connectivity index (χ0) is 18.6. The van der Waals surface area contributed by atoms with E-state index in [4.69, 9.17) is 4.74 Å². The number of anilines is 1. The zero-order valence-corrected chi connectivity index (χ0v) is 16.1. The van der Waals surface area contributed by atoms with E-state index in [2.05, 4.69) is 25.9 Å². The number of rotatable bonds is 6. The molecule has 2 aromatic rings. The maximum absolute atomic E-state index is 13.4. The Morgan fingerprint density at radius 3 is 2.48 bits per heavy atom. The second-order valence-electron chi connectivity index (χ2n) is 5.50. The monoisotopic (exact) mass is 411 g/mol. The lowest BCUT2D eigenvalue weighted by Crippen LogP contribution is -2.22. The topological polar surface area (TPSA) is 37.7 Å². The molecular weight excluding hydrogens is 392 g/mol. The van der Waals surface area contributed by atoms with Crippen LogP contribution in [0.5, 0.6) is 5.88 Å². The molecular formula is C18H20BrF2N3O. The van der Waals surface area contributed by atoms with Crippen molar-refractivity contribution in [1.29, 1.82) is 0 Å². The van der Waals surface area contributed by atoms with Crippen molar-refractivity contribution in [3.63, 3.8) is 0 Å². The van der Waals surface area contributed by atoms with Crippen LogP contribution in [0.1, 0.15) is 31.2 Å². The fraction of sp³-hybridized carbons (Fsp3) is 0.333. The van der Waals surface area contributed by atoms with Crippen LogP contribution in [0, 0.1) is 18.6 Å². The largest absolute Gasteiger partial charge is 0.469 e. The second kappa shape index (κ2) is 8.38. The van der Waals surface area contributed by atoms with Crippen LogP contribution < -0.4 is 9.64 Å². The fourth-order valence-corrected chi connectivity index (χ4v) is 2.82. The normalized spacial score (nSPS) is 12.4. The van der Waals surface area contributed by atoms with E-state index in [1.54, 1.807) is 20.3 Å². The standard InChI is InChI=1S/C18H20BrF2N3O/c1-5-24(10-22-4)17-9-16(19)18(23-11(17)2)25-12(3)13-6-14(20)8-15(21)7-13/h6-10,12H,5H2,1-4H3. The third kappa shape index (κ3) is 4.75. The lowest BCUT2D eigenvalue weighted by molar-refractivity contribution is 0.214. The number of hydrogen-bond acceptors (Lipinski definition) is 3. The SMILES string of the molecule is CCN(C=NC)c1cc(Br)c(OC(C)c2cc(F)cc(F)c2)nc1C. The van der Waals surface area contributed by atoms with E-state index in [-0.39, 0.29) is 0 Å². The van der Waals surface area contributed by atoms with Crippen LogP contribution in [-0.2, 0) is 0 Å². The Hall–Kier alpha value is -2.02. The van der Waals surface area contributed by atoms with Crippen LogP contribution in [0.2, 0.25) is 0 Å². The highest BCUT2D eigenvalue weighted by Crippen LogP contribution is 2.32. The molecule has 0 N–H and O–H groups in total. The van der Waals surface area contributed by atoms with Gasteiger partial charge in [0, 0.05) is 19.7 Å². The number of pyridine rings is 1. The Morgan fingerprint density at radius 2 is 1.92 bits per heavy atom. The van der Waals surface area contributed by atoms with E-state index in [1.165, 1.54) is 12.1 Å². The van der Waals surface area contributed by atoms with E-state index in [9.17, 15) is 8.78 Å². The van der Waals surface area contributed by atoms with Crippen LogP contribution in [0.25, 0.3) is 0 Å². The molecule has 0 aliphatic heterocycles. The molecule has 0 bridgehead atoms. The van der Waals surface area contributed by atoms with Crippen molar-refractivity contribution in [1.82, 2.24) is 4.98 Å². The second-order valence-corrected chi connectivity index (χ2v) is 6.36. The molecule has 25 heavy (non-hydrogen) atoms. The molecule has 0 amide bonds. The molecule has 7 heteroatoms. The van der Waals surface area contributed by atoms with Crippen molar-refractivity contribution < 1.29 is 13.5 Å². The van der Waals surface area contributed by atoms with Crippen molar-refractivity contribution >= 4 is 28.0 Å². The van der Waals surface area contributed by atoms with Gasteiger partial charge in [0.15, 0.2) is 0 Å². The highest BCUT2D eigenvalue weighted by molar-refractivity contribution is 9.10. The molecule has 1 heterocycles. The van der Waals surface area contributed by atoms with Crippen molar-refractivity contribution in [2.45, 2.75) is 26.9 Å². The minimum atomic E-state index is -0.638. The summed E-state index contributed by atoms with van der Waals surface area (Å²) in [6, 6.07) is 5.22. The fourth-order valence-electron chi connectivity index (χ4n) is 2.42. The molecule has 0 fully saturated rings. The van der Waals surface area contributed by atoms with E-state index in [0.717, 1.165) is 24.0 Å². The van der Waals surface area contributed by atoms with Gasteiger partial charge >= 0.3 is 0 Å². The average Bonchev–Trinajstić information content (AvgIpc) is 2.55. The molecule has 2 rings (SSSR count). The summed E-state index contributed by atoms with van der Waals surface area (Å²) in [5, 5.41) is 0. The van der Waals surface area contributed by atoms with Crippen molar-refractivity contribution in [3.05, 3.63) is 51.6 Å². The molecule has 1 aromatic heterocycles. The first-order valence-corrected chi connectivity index (χ1v) is 8.63. The highest BCUT2D eigenvalue weighted by Gasteiger charge is 2.16. The first-order chi connectivity index (χ1) is 11.8. The molecule has 0 radical (unpaired) electrons. The van der Waals surface area contributed by atoms with E-state index < -0.39 is 17.7 Å². The van der Waals surface area contributed by atoms with Crippen molar-refractivity contribution in [2.75, 3.05) is 18.5 Å². The van der Waals surface area contributed by atoms with Crippen LogP contribution in [-0.4, -0.2) is 24.9 Å².